The topological polar surface area (TPSA) is 95.5 Å². The van der Waals surface area contributed by atoms with Crippen LogP contribution in [-0.4, -0.2) is 28.9 Å². The number of amides is 2. The molecule has 1 aromatic rings. The van der Waals surface area contributed by atoms with Crippen LogP contribution in [0.4, 0.5) is 0 Å². The summed E-state index contributed by atoms with van der Waals surface area (Å²) in [4.78, 5) is 34.3. The van der Waals surface area contributed by atoms with Crippen LogP contribution in [-0.2, 0) is 14.4 Å². The van der Waals surface area contributed by atoms with Gasteiger partial charge in [0.1, 0.15) is 6.04 Å². The molecule has 0 saturated carbocycles. The number of nitrogens with one attached hydrogen (secondary N) is 2. The third kappa shape index (κ3) is 3.08. The number of carboxylic acids is 1. The van der Waals surface area contributed by atoms with E-state index in [9.17, 15) is 19.5 Å². The first kappa shape index (κ1) is 14.3. The molecule has 20 heavy (non-hydrogen) atoms. The molecule has 3 N–H and O–H groups in total. The Kier molecular flexibility index (Phi) is 4.24. The molecule has 0 spiro atoms. The summed E-state index contributed by atoms with van der Waals surface area (Å²) in [7, 11) is 0. The fourth-order valence-corrected chi connectivity index (χ4v) is 2.28. The number of rotatable bonds is 4. The van der Waals surface area contributed by atoms with Gasteiger partial charge in [-0.3, -0.25) is 9.59 Å². The lowest BCUT2D eigenvalue weighted by molar-refractivity contribution is -0.142. The SMILES string of the molecule is O=C1CC[C@H](C(=O)N[C@@H](C(=O)O)c2ccccc2Cl)N1. The average Bonchev–Trinajstić information content (AvgIpc) is 2.83. The molecule has 0 unspecified atom stereocenters. The number of carboxylic acid groups (broad SMARTS) is 1. The second-order valence-corrected chi connectivity index (χ2v) is 4.87. The Hall–Kier alpha value is -2.08. The highest BCUT2D eigenvalue weighted by molar-refractivity contribution is 6.31. The van der Waals surface area contributed by atoms with Crippen LogP contribution in [0.3, 0.4) is 0 Å². The first-order valence-electron chi connectivity index (χ1n) is 6.06. The lowest BCUT2D eigenvalue weighted by atomic mass is 10.1. The first-order valence-corrected chi connectivity index (χ1v) is 6.44. The Bertz CT molecular complexity index is 561. The number of aliphatic carboxylic acids is 1. The molecule has 0 radical (unpaired) electrons. The molecule has 106 valence electrons. The van der Waals surface area contributed by atoms with Crippen molar-refractivity contribution in [3.63, 3.8) is 0 Å². The summed E-state index contributed by atoms with van der Waals surface area (Å²) in [5.41, 5.74) is 0.305. The molecule has 0 aliphatic carbocycles. The zero-order chi connectivity index (χ0) is 14.7. The molecular weight excluding hydrogens is 284 g/mol. The molecule has 1 heterocycles. The predicted molar refractivity (Wildman–Crippen MR) is 71.1 cm³/mol. The van der Waals surface area contributed by atoms with E-state index in [1.165, 1.54) is 6.07 Å². The van der Waals surface area contributed by atoms with Gasteiger partial charge in [0.05, 0.1) is 0 Å². The van der Waals surface area contributed by atoms with Crippen molar-refractivity contribution in [2.24, 2.45) is 0 Å². The second-order valence-electron chi connectivity index (χ2n) is 4.46. The van der Waals surface area contributed by atoms with Gasteiger partial charge in [-0.1, -0.05) is 29.8 Å². The number of carbonyl (C=O) groups is 3. The van der Waals surface area contributed by atoms with E-state index in [0.29, 0.717) is 12.0 Å². The maximum Gasteiger partial charge on any atom is 0.330 e. The highest BCUT2D eigenvalue weighted by Gasteiger charge is 2.31. The van der Waals surface area contributed by atoms with E-state index in [-0.39, 0.29) is 17.4 Å². The van der Waals surface area contributed by atoms with Crippen molar-refractivity contribution in [1.29, 1.82) is 0 Å². The summed E-state index contributed by atoms with van der Waals surface area (Å²) >= 11 is 5.94. The largest absolute Gasteiger partial charge is 0.479 e. The molecule has 1 saturated heterocycles. The Labute approximate surface area is 120 Å². The predicted octanol–water partition coefficient (Wildman–Crippen LogP) is 0.860. The van der Waals surface area contributed by atoms with Gasteiger partial charge >= 0.3 is 5.97 Å². The van der Waals surface area contributed by atoms with E-state index in [1.54, 1.807) is 18.2 Å². The fourth-order valence-electron chi connectivity index (χ4n) is 2.04. The van der Waals surface area contributed by atoms with Crippen molar-refractivity contribution in [3.8, 4) is 0 Å². The van der Waals surface area contributed by atoms with Crippen LogP contribution in [0.25, 0.3) is 0 Å². The van der Waals surface area contributed by atoms with Crippen LogP contribution >= 0.6 is 11.6 Å². The van der Waals surface area contributed by atoms with Gasteiger partial charge in [-0.2, -0.15) is 0 Å². The number of halogens is 1. The molecule has 1 aliphatic rings. The van der Waals surface area contributed by atoms with Crippen LogP contribution in [0.1, 0.15) is 24.4 Å². The average molecular weight is 297 g/mol. The third-order valence-corrected chi connectivity index (χ3v) is 3.41. The standard InChI is InChI=1S/C13H13ClN2O4/c14-8-4-2-1-3-7(8)11(13(19)20)16-12(18)9-5-6-10(17)15-9/h1-4,9,11H,5-6H2,(H,15,17)(H,16,18)(H,19,20)/t9-,11-/m1/s1. The molecule has 2 rings (SSSR count). The lowest BCUT2D eigenvalue weighted by Gasteiger charge is -2.18. The second kappa shape index (κ2) is 5.92. The molecule has 0 aromatic heterocycles. The fraction of sp³-hybridized carbons (Fsp3) is 0.308. The van der Waals surface area contributed by atoms with Crippen LogP contribution in [0.15, 0.2) is 24.3 Å². The number of hydrogen-bond acceptors (Lipinski definition) is 3. The van der Waals surface area contributed by atoms with Gasteiger partial charge in [-0.15, -0.1) is 0 Å². The van der Waals surface area contributed by atoms with Gasteiger partial charge in [0.25, 0.3) is 0 Å². The summed E-state index contributed by atoms with van der Waals surface area (Å²) in [6, 6.07) is 4.47. The van der Waals surface area contributed by atoms with Gasteiger partial charge in [0.2, 0.25) is 11.8 Å². The molecule has 2 atom stereocenters. The van der Waals surface area contributed by atoms with Gasteiger partial charge < -0.3 is 15.7 Å². The molecule has 7 heteroatoms. The molecular formula is C13H13ClN2O4. The zero-order valence-corrected chi connectivity index (χ0v) is 11.2. The maximum absolute atomic E-state index is 12.0. The first-order chi connectivity index (χ1) is 9.49. The number of benzene rings is 1. The van der Waals surface area contributed by atoms with Crippen LogP contribution in [0.5, 0.6) is 0 Å². The summed E-state index contributed by atoms with van der Waals surface area (Å²) in [5.74, 6) is -1.95. The van der Waals surface area contributed by atoms with E-state index >= 15 is 0 Å². The molecule has 2 amide bonds. The highest BCUT2D eigenvalue weighted by Crippen LogP contribution is 2.23. The summed E-state index contributed by atoms with van der Waals surface area (Å²) in [5, 5.41) is 14.4. The Morgan fingerprint density at radius 1 is 1.40 bits per heavy atom. The van der Waals surface area contributed by atoms with Crippen molar-refractivity contribution in [1.82, 2.24) is 10.6 Å². The van der Waals surface area contributed by atoms with Crippen molar-refractivity contribution in [2.45, 2.75) is 24.9 Å². The van der Waals surface area contributed by atoms with Crippen LogP contribution in [0.2, 0.25) is 5.02 Å². The van der Waals surface area contributed by atoms with Crippen molar-refractivity contribution in [2.75, 3.05) is 0 Å². The van der Waals surface area contributed by atoms with Gasteiger partial charge in [-0.25, -0.2) is 4.79 Å². The summed E-state index contributed by atoms with van der Waals surface area (Å²) in [6.45, 7) is 0. The smallest absolute Gasteiger partial charge is 0.330 e. The Morgan fingerprint density at radius 3 is 2.65 bits per heavy atom. The molecule has 6 nitrogen and oxygen atoms in total. The van der Waals surface area contributed by atoms with E-state index in [0.717, 1.165) is 0 Å². The molecule has 1 aromatic carbocycles. The Morgan fingerprint density at radius 2 is 2.10 bits per heavy atom. The minimum Gasteiger partial charge on any atom is -0.479 e. The minimum atomic E-state index is -1.24. The summed E-state index contributed by atoms with van der Waals surface area (Å²) < 4.78 is 0. The van der Waals surface area contributed by atoms with Crippen molar-refractivity contribution >= 4 is 29.4 Å². The summed E-state index contributed by atoms with van der Waals surface area (Å²) in [6.07, 6.45) is 0.626. The Balaban J connectivity index is 2.14. The third-order valence-electron chi connectivity index (χ3n) is 3.06. The van der Waals surface area contributed by atoms with Gasteiger partial charge in [-0.05, 0) is 12.5 Å². The lowest BCUT2D eigenvalue weighted by Crippen LogP contribution is -2.45. The van der Waals surface area contributed by atoms with E-state index in [4.69, 9.17) is 11.6 Å². The number of hydrogen-bond donors (Lipinski definition) is 3. The number of carbonyl (C=O) groups excluding carboxylic acids is 2. The van der Waals surface area contributed by atoms with E-state index < -0.39 is 24.0 Å². The van der Waals surface area contributed by atoms with E-state index in [2.05, 4.69) is 10.6 Å². The van der Waals surface area contributed by atoms with Crippen molar-refractivity contribution in [3.05, 3.63) is 34.9 Å². The van der Waals surface area contributed by atoms with Gasteiger partial charge in [0.15, 0.2) is 6.04 Å². The minimum absolute atomic E-state index is 0.213. The normalized spacial score (nSPS) is 19.2. The molecule has 1 fully saturated rings. The molecule has 0 bridgehead atoms. The van der Waals surface area contributed by atoms with Crippen LogP contribution in [0, 0.1) is 0 Å². The van der Waals surface area contributed by atoms with Crippen LogP contribution < -0.4 is 10.6 Å². The van der Waals surface area contributed by atoms with E-state index in [1.807, 2.05) is 0 Å². The highest BCUT2D eigenvalue weighted by atomic mass is 35.5. The zero-order valence-electron chi connectivity index (χ0n) is 10.4. The molecule has 1 aliphatic heterocycles. The maximum atomic E-state index is 12.0. The quantitative estimate of drug-likeness (QED) is 0.768. The monoisotopic (exact) mass is 296 g/mol. The van der Waals surface area contributed by atoms with Crippen molar-refractivity contribution < 1.29 is 19.5 Å². The van der Waals surface area contributed by atoms with Gasteiger partial charge in [0, 0.05) is 17.0 Å².